The Bertz CT molecular complexity index is 626. The summed E-state index contributed by atoms with van der Waals surface area (Å²) in [5, 5.41) is 14.0. The van der Waals surface area contributed by atoms with Crippen LogP contribution in [0, 0.1) is 17.0 Å². The average Bonchev–Trinajstić information content (AvgIpc) is 2.27. The number of hydrogen-bond donors (Lipinski definition) is 2. The van der Waals surface area contributed by atoms with E-state index < -0.39 is 20.5 Å². The first kappa shape index (κ1) is 17.5. The van der Waals surface area contributed by atoms with Crippen LogP contribution in [0.4, 0.5) is 5.69 Å². The summed E-state index contributed by atoms with van der Waals surface area (Å²) in [5.41, 5.74) is 0.845. The van der Waals surface area contributed by atoms with Crippen molar-refractivity contribution in [2.75, 3.05) is 12.8 Å². The second kappa shape index (κ2) is 6.50. The van der Waals surface area contributed by atoms with Gasteiger partial charge in [-0.2, -0.15) is 0 Å². The van der Waals surface area contributed by atoms with Crippen LogP contribution in [0.15, 0.2) is 18.2 Å². The molecule has 0 spiro atoms. The number of hydrogen-bond acceptors (Lipinski definition) is 5. The molecule has 1 rings (SSSR count). The monoisotopic (exact) mass is 315 g/mol. The van der Waals surface area contributed by atoms with Gasteiger partial charge < -0.3 is 5.32 Å². The molecule has 0 bridgehead atoms. The Labute approximate surface area is 124 Å². The van der Waals surface area contributed by atoms with Gasteiger partial charge in [-0.15, -0.1) is 0 Å². The van der Waals surface area contributed by atoms with Gasteiger partial charge in [0.15, 0.2) is 0 Å². The summed E-state index contributed by atoms with van der Waals surface area (Å²) in [7, 11) is -3.28. The van der Waals surface area contributed by atoms with Crippen LogP contribution in [-0.2, 0) is 16.6 Å². The maximum Gasteiger partial charge on any atom is 0.272 e. The molecular formula is C13H21N3O4S. The molecule has 21 heavy (non-hydrogen) atoms. The maximum absolute atomic E-state index is 11.2. The number of aryl methyl sites for hydroxylation is 1. The number of sulfonamides is 1. The van der Waals surface area contributed by atoms with Crippen LogP contribution in [0.5, 0.6) is 0 Å². The van der Waals surface area contributed by atoms with Crippen LogP contribution in [0.2, 0.25) is 0 Å². The average molecular weight is 315 g/mol. The number of nitrogens with one attached hydrogen (secondary N) is 2. The second-order valence-electron chi connectivity index (χ2n) is 5.74. The summed E-state index contributed by atoms with van der Waals surface area (Å²) in [6.07, 6.45) is 1.11. The van der Waals surface area contributed by atoms with E-state index in [-0.39, 0.29) is 5.69 Å². The van der Waals surface area contributed by atoms with Gasteiger partial charge in [0.2, 0.25) is 10.0 Å². The van der Waals surface area contributed by atoms with E-state index >= 15 is 0 Å². The predicted molar refractivity (Wildman–Crippen MR) is 81.6 cm³/mol. The molecule has 0 saturated carbocycles. The van der Waals surface area contributed by atoms with Gasteiger partial charge in [0, 0.05) is 30.3 Å². The quantitative estimate of drug-likeness (QED) is 0.584. The van der Waals surface area contributed by atoms with Gasteiger partial charge in [0.1, 0.15) is 0 Å². The molecule has 0 aliphatic heterocycles. The number of rotatable bonds is 7. The van der Waals surface area contributed by atoms with Gasteiger partial charge in [-0.1, -0.05) is 12.1 Å². The minimum Gasteiger partial charge on any atom is -0.311 e. The lowest BCUT2D eigenvalue weighted by Crippen LogP contribution is -2.49. The van der Waals surface area contributed by atoms with E-state index in [1.807, 2.05) is 6.07 Å². The molecule has 0 aromatic heterocycles. The zero-order valence-corrected chi connectivity index (χ0v) is 13.5. The van der Waals surface area contributed by atoms with Crippen LogP contribution in [-0.4, -0.2) is 31.7 Å². The summed E-state index contributed by atoms with van der Waals surface area (Å²) in [6, 6.07) is 5.04. The highest BCUT2D eigenvalue weighted by molar-refractivity contribution is 7.88. The molecule has 0 atom stereocenters. The number of nitro groups is 1. The van der Waals surface area contributed by atoms with Crippen LogP contribution < -0.4 is 10.0 Å². The lowest BCUT2D eigenvalue weighted by Gasteiger charge is -2.25. The highest BCUT2D eigenvalue weighted by Gasteiger charge is 2.21. The largest absolute Gasteiger partial charge is 0.311 e. The molecule has 0 saturated heterocycles. The second-order valence-corrected chi connectivity index (χ2v) is 7.49. The number of benzene rings is 1. The predicted octanol–water partition coefficient (Wildman–Crippen LogP) is 1.32. The van der Waals surface area contributed by atoms with Crippen molar-refractivity contribution in [3.8, 4) is 0 Å². The van der Waals surface area contributed by atoms with Gasteiger partial charge >= 0.3 is 0 Å². The first-order valence-corrected chi connectivity index (χ1v) is 8.33. The van der Waals surface area contributed by atoms with E-state index in [4.69, 9.17) is 0 Å². The third-order valence-electron chi connectivity index (χ3n) is 2.83. The van der Waals surface area contributed by atoms with Gasteiger partial charge in [-0.25, -0.2) is 13.1 Å². The molecule has 0 radical (unpaired) electrons. The molecular weight excluding hydrogens is 294 g/mol. The van der Waals surface area contributed by atoms with Crippen LogP contribution in [0.1, 0.15) is 25.0 Å². The highest BCUT2D eigenvalue weighted by Crippen LogP contribution is 2.19. The normalized spacial score (nSPS) is 12.4. The van der Waals surface area contributed by atoms with Crippen molar-refractivity contribution in [2.45, 2.75) is 32.9 Å². The van der Waals surface area contributed by atoms with Crippen molar-refractivity contribution < 1.29 is 13.3 Å². The van der Waals surface area contributed by atoms with E-state index in [0.29, 0.717) is 18.7 Å². The van der Waals surface area contributed by atoms with E-state index in [1.54, 1.807) is 26.8 Å². The first-order chi connectivity index (χ1) is 9.50. The topological polar surface area (TPSA) is 101 Å². The minimum atomic E-state index is -3.28. The van der Waals surface area contributed by atoms with Gasteiger partial charge in [0.25, 0.3) is 5.69 Å². The third kappa shape index (κ3) is 6.19. The Kier molecular flexibility index (Phi) is 5.43. The van der Waals surface area contributed by atoms with Crippen molar-refractivity contribution in [1.82, 2.24) is 10.0 Å². The van der Waals surface area contributed by atoms with Crippen molar-refractivity contribution >= 4 is 15.7 Å². The Morgan fingerprint density at radius 1 is 1.33 bits per heavy atom. The van der Waals surface area contributed by atoms with Crippen LogP contribution in [0.3, 0.4) is 0 Å². The summed E-state index contributed by atoms with van der Waals surface area (Å²) in [5.74, 6) is 0. The van der Waals surface area contributed by atoms with Gasteiger partial charge in [-0.3, -0.25) is 10.1 Å². The Hall–Kier alpha value is -1.51. The minimum absolute atomic E-state index is 0.0859. The molecule has 1 aromatic rings. The van der Waals surface area contributed by atoms with E-state index in [9.17, 15) is 18.5 Å². The fourth-order valence-corrected chi connectivity index (χ4v) is 3.09. The summed E-state index contributed by atoms with van der Waals surface area (Å²) in [6.45, 7) is 6.05. The van der Waals surface area contributed by atoms with Gasteiger partial charge in [-0.05, 0) is 26.3 Å². The molecule has 2 N–H and O–H groups in total. The van der Waals surface area contributed by atoms with Crippen molar-refractivity contribution in [2.24, 2.45) is 0 Å². The molecule has 8 heteroatoms. The molecule has 1 aromatic carbocycles. The zero-order chi connectivity index (χ0) is 16.3. The third-order valence-corrected chi connectivity index (χ3v) is 3.75. The van der Waals surface area contributed by atoms with E-state index in [0.717, 1.165) is 11.8 Å². The molecule has 0 fully saturated rings. The van der Waals surface area contributed by atoms with Gasteiger partial charge in [0.05, 0.1) is 11.2 Å². The molecule has 7 nitrogen and oxygen atoms in total. The summed E-state index contributed by atoms with van der Waals surface area (Å²) in [4.78, 5) is 10.5. The smallest absolute Gasteiger partial charge is 0.272 e. The molecule has 118 valence electrons. The lowest BCUT2D eigenvalue weighted by atomic mass is 10.1. The fourth-order valence-electron chi connectivity index (χ4n) is 2.02. The maximum atomic E-state index is 11.2. The first-order valence-electron chi connectivity index (χ1n) is 6.44. The Morgan fingerprint density at radius 2 is 1.95 bits per heavy atom. The molecule has 0 aliphatic rings. The summed E-state index contributed by atoms with van der Waals surface area (Å²) >= 11 is 0. The Morgan fingerprint density at radius 3 is 2.48 bits per heavy atom. The fraction of sp³-hybridized carbons (Fsp3) is 0.538. The SMILES string of the molecule is Cc1ccc(CNCC(C)(C)NS(C)(=O)=O)cc1[N+](=O)[O-]. The summed E-state index contributed by atoms with van der Waals surface area (Å²) < 4.78 is 25.0. The lowest BCUT2D eigenvalue weighted by molar-refractivity contribution is -0.385. The van der Waals surface area contributed by atoms with Crippen molar-refractivity contribution in [1.29, 1.82) is 0 Å². The van der Waals surface area contributed by atoms with Crippen molar-refractivity contribution in [3.05, 3.63) is 39.4 Å². The number of nitrogens with zero attached hydrogens (tertiary/aromatic N) is 1. The van der Waals surface area contributed by atoms with Crippen LogP contribution >= 0.6 is 0 Å². The molecule has 0 aliphatic carbocycles. The highest BCUT2D eigenvalue weighted by atomic mass is 32.2. The number of nitro benzene ring substituents is 1. The molecule has 0 amide bonds. The molecule has 0 heterocycles. The zero-order valence-electron chi connectivity index (χ0n) is 12.6. The standard InChI is InChI=1S/C13H21N3O4S/c1-10-5-6-11(7-12(10)16(17)18)8-14-9-13(2,3)15-21(4,19)20/h5-7,14-15H,8-9H2,1-4H3. The van der Waals surface area contributed by atoms with E-state index in [1.165, 1.54) is 6.07 Å². The molecule has 0 unspecified atom stereocenters. The van der Waals surface area contributed by atoms with Crippen LogP contribution in [0.25, 0.3) is 0 Å². The Balaban J connectivity index is 2.64. The van der Waals surface area contributed by atoms with Crippen molar-refractivity contribution in [3.63, 3.8) is 0 Å². The van der Waals surface area contributed by atoms with E-state index in [2.05, 4.69) is 10.0 Å².